The molecule has 2 heterocycles. The minimum Gasteiger partial charge on any atom is -0.370 e. The first-order valence-corrected chi connectivity index (χ1v) is 6.77. The predicted molar refractivity (Wildman–Crippen MR) is 79.0 cm³/mol. The Balaban J connectivity index is 2.21. The highest BCUT2D eigenvalue weighted by Crippen LogP contribution is 2.21. The summed E-state index contributed by atoms with van der Waals surface area (Å²) in [5, 5.41) is 10.6. The normalized spacial score (nSPS) is 10.7. The number of rotatable bonds is 5. The molecule has 0 aliphatic rings. The summed E-state index contributed by atoms with van der Waals surface area (Å²) < 4.78 is 5.16. The van der Waals surface area contributed by atoms with Crippen LogP contribution in [0.5, 0.6) is 0 Å². The number of nitrogens with zero attached hydrogens (tertiary/aromatic N) is 3. The summed E-state index contributed by atoms with van der Waals surface area (Å²) >= 11 is 0. The summed E-state index contributed by atoms with van der Waals surface area (Å²) in [4.78, 5) is 8.87. The minimum atomic E-state index is 0.643. The minimum absolute atomic E-state index is 0.643. The molecule has 0 aromatic carbocycles. The van der Waals surface area contributed by atoms with Crippen LogP contribution in [0.1, 0.15) is 35.3 Å². The Kier molecular flexibility index (Phi) is 4.22. The summed E-state index contributed by atoms with van der Waals surface area (Å²) in [5.74, 6) is 3.30. The second-order valence-corrected chi connectivity index (χ2v) is 4.78. The summed E-state index contributed by atoms with van der Waals surface area (Å²) in [7, 11) is 0. The molecule has 2 aromatic rings. The average Bonchev–Trinajstić information content (AvgIpc) is 2.72. The van der Waals surface area contributed by atoms with E-state index in [0.29, 0.717) is 6.54 Å². The highest BCUT2D eigenvalue weighted by Gasteiger charge is 2.12. The van der Waals surface area contributed by atoms with Gasteiger partial charge in [-0.15, -0.1) is 0 Å². The van der Waals surface area contributed by atoms with Crippen molar-refractivity contribution in [3.8, 4) is 0 Å². The van der Waals surface area contributed by atoms with Gasteiger partial charge in [0, 0.05) is 24.2 Å². The Labute approximate surface area is 119 Å². The van der Waals surface area contributed by atoms with Crippen molar-refractivity contribution in [2.75, 3.05) is 17.2 Å². The highest BCUT2D eigenvalue weighted by atomic mass is 16.5. The second kappa shape index (κ2) is 5.90. The molecule has 0 atom stereocenters. The van der Waals surface area contributed by atoms with Gasteiger partial charge in [0.1, 0.15) is 23.2 Å². The van der Waals surface area contributed by atoms with Gasteiger partial charge in [0.25, 0.3) is 0 Å². The lowest BCUT2D eigenvalue weighted by molar-refractivity contribution is 0.392. The van der Waals surface area contributed by atoms with Crippen molar-refractivity contribution in [2.24, 2.45) is 0 Å². The molecule has 2 N–H and O–H groups in total. The van der Waals surface area contributed by atoms with E-state index in [9.17, 15) is 0 Å². The lowest BCUT2D eigenvalue weighted by atomic mass is 10.2. The Bertz CT molecular complexity index is 586. The smallest absolute Gasteiger partial charge is 0.138 e. The van der Waals surface area contributed by atoms with Crippen LogP contribution in [0.3, 0.4) is 0 Å². The maximum Gasteiger partial charge on any atom is 0.138 e. The van der Waals surface area contributed by atoms with E-state index in [-0.39, 0.29) is 0 Å². The summed E-state index contributed by atoms with van der Waals surface area (Å²) in [6.07, 6.45) is 0. The number of nitrogens with one attached hydrogen (secondary N) is 2. The Morgan fingerprint density at radius 1 is 1.00 bits per heavy atom. The molecule has 0 aliphatic carbocycles. The molecule has 0 saturated carbocycles. The van der Waals surface area contributed by atoms with Crippen molar-refractivity contribution >= 4 is 11.6 Å². The molecule has 0 saturated heterocycles. The third kappa shape index (κ3) is 2.89. The van der Waals surface area contributed by atoms with E-state index in [4.69, 9.17) is 4.52 Å². The van der Waals surface area contributed by atoms with Crippen molar-refractivity contribution < 1.29 is 4.52 Å². The highest BCUT2D eigenvalue weighted by molar-refractivity contribution is 5.57. The molecular formula is C14H21N5O. The molecule has 2 aromatic heterocycles. The van der Waals surface area contributed by atoms with Gasteiger partial charge in [-0.25, -0.2) is 9.97 Å². The second-order valence-electron chi connectivity index (χ2n) is 4.78. The van der Waals surface area contributed by atoms with Gasteiger partial charge in [0.15, 0.2) is 0 Å². The quantitative estimate of drug-likeness (QED) is 0.873. The number of hydrogen-bond acceptors (Lipinski definition) is 6. The van der Waals surface area contributed by atoms with Gasteiger partial charge >= 0.3 is 0 Å². The van der Waals surface area contributed by atoms with Crippen LogP contribution in [0.4, 0.5) is 11.6 Å². The first-order valence-electron chi connectivity index (χ1n) is 6.77. The molecule has 108 valence electrons. The largest absolute Gasteiger partial charge is 0.370 e. The van der Waals surface area contributed by atoms with Gasteiger partial charge in [0.05, 0.1) is 5.69 Å². The molecule has 0 bridgehead atoms. The molecule has 0 fully saturated rings. The zero-order chi connectivity index (χ0) is 14.7. The van der Waals surface area contributed by atoms with E-state index >= 15 is 0 Å². The van der Waals surface area contributed by atoms with Crippen molar-refractivity contribution in [3.05, 3.63) is 28.4 Å². The van der Waals surface area contributed by atoms with Gasteiger partial charge in [0.2, 0.25) is 0 Å². The monoisotopic (exact) mass is 275 g/mol. The van der Waals surface area contributed by atoms with E-state index in [0.717, 1.165) is 46.6 Å². The lowest BCUT2D eigenvalue weighted by Gasteiger charge is -2.13. The fraction of sp³-hybridized carbons (Fsp3) is 0.500. The lowest BCUT2D eigenvalue weighted by Crippen LogP contribution is -2.10. The van der Waals surface area contributed by atoms with Crippen LogP contribution in [0, 0.1) is 27.7 Å². The van der Waals surface area contributed by atoms with E-state index in [2.05, 4.69) is 25.8 Å². The van der Waals surface area contributed by atoms with Crippen LogP contribution in [-0.2, 0) is 6.54 Å². The van der Waals surface area contributed by atoms with Gasteiger partial charge < -0.3 is 15.2 Å². The molecule has 6 nitrogen and oxygen atoms in total. The molecule has 20 heavy (non-hydrogen) atoms. The molecular weight excluding hydrogens is 254 g/mol. The number of aromatic nitrogens is 3. The van der Waals surface area contributed by atoms with Crippen LogP contribution in [0.15, 0.2) is 4.52 Å². The number of hydrogen-bond donors (Lipinski definition) is 2. The summed E-state index contributed by atoms with van der Waals surface area (Å²) in [6, 6.07) is 0. The summed E-state index contributed by atoms with van der Waals surface area (Å²) in [5.41, 5.74) is 3.00. The van der Waals surface area contributed by atoms with Crippen LogP contribution < -0.4 is 10.6 Å². The Morgan fingerprint density at radius 3 is 2.20 bits per heavy atom. The third-order valence-electron chi connectivity index (χ3n) is 3.22. The van der Waals surface area contributed by atoms with E-state index in [1.54, 1.807) is 0 Å². The number of anilines is 2. The van der Waals surface area contributed by atoms with Gasteiger partial charge in [-0.05, 0) is 34.6 Å². The third-order valence-corrected chi connectivity index (χ3v) is 3.22. The maximum absolute atomic E-state index is 5.16. The van der Waals surface area contributed by atoms with Gasteiger partial charge in [-0.2, -0.15) is 0 Å². The number of aryl methyl sites for hydroxylation is 3. The Hall–Kier alpha value is -2.11. The van der Waals surface area contributed by atoms with E-state index < -0.39 is 0 Å². The van der Waals surface area contributed by atoms with Crippen molar-refractivity contribution in [1.82, 2.24) is 15.1 Å². The average molecular weight is 275 g/mol. The topological polar surface area (TPSA) is 75.9 Å². The zero-order valence-electron chi connectivity index (χ0n) is 12.7. The van der Waals surface area contributed by atoms with Gasteiger partial charge in [-0.1, -0.05) is 5.16 Å². The molecule has 6 heteroatoms. The summed E-state index contributed by atoms with van der Waals surface area (Å²) in [6.45, 7) is 11.3. The molecule has 0 aliphatic heterocycles. The molecule has 0 spiro atoms. The molecule has 0 amide bonds. The van der Waals surface area contributed by atoms with E-state index in [1.807, 2.05) is 34.6 Å². The fourth-order valence-corrected chi connectivity index (χ4v) is 2.07. The van der Waals surface area contributed by atoms with Crippen molar-refractivity contribution in [2.45, 2.75) is 41.2 Å². The molecule has 0 unspecified atom stereocenters. The SMILES string of the molecule is CCNc1nc(C)nc(NCc2c(C)noc2C)c1C. The van der Waals surface area contributed by atoms with Crippen LogP contribution >= 0.6 is 0 Å². The zero-order valence-corrected chi connectivity index (χ0v) is 12.7. The Morgan fingerprint density at radius 2 is 1.65 bits per heavy atom. The molecule has 2 rings (SSSR count). The first kappa shape index (κ1) is 14.3. The van der Waals surface area contributed by atoms with Gasteiger partial charge in [-0.3, -0.25) is 0 Å². The molecule has 0 radical (unpaired) electrons. The van der Waals surface area contributed by atoms with Crippen LogP contribution in [-0.4, -0.2) is 21.7 Å². The van der Waals surface area contributed by atoms with Crippen molar-refractivity contribution in [3.63, 3.8) is 0 Å². The van der Waals surface area contributed by atoms with Crippen LogP contribution in [0.25, 0.3) is 0 Å². The van der Waals surface area contributed by atoms with E-state index in [1.165, 1.54) is 0 Å². The first-order chi connectivity index (χ1) is 9.52. The van der Waals surface area contributed by atoms with Crippen LogP contribution in [0.2, 0.25) is 0 Å². The standard InChI is InChI=1S/C14H21N5O/c1-6-15-13-8(2)14(18-11(5)17-13)16-7-12-9(3)19-20-10(12)4/h6-7H2,1-5H3,(H2,15,16,17,18). The maximum atomic E-state index is 5.16. The predicted octanol–water partition coefficient (Wildman–Crippen LogP) is 2.74. The van der Waals surface area contributed by atoms with Crippen molar-refractivity contribution in [1.29, 1.82) is 0 Å². The fourth-order valence-electron chi connectivity index (χ4n) is 2.07.